The monoisotopic (exact) mass is 412 g/mol. The number of rotatable bonds is 2. The summed E-state index contributed by atoms with van der Waals surface area (Å²) in [4.78, 5) is 12.6. The molecule has 3 aromatic carbocycles. The molecule has 0 spiro atoms. The number of amides is 1. The molecule has 0 fully saturated rings. The molecule has 0 aromatic heterocycles. The summed E-state index contributed by atoms with van der Waals surface area (Å²) in [6, 6.07) is 17.5. The molecule has 0 aliphatic heterocycles. The van der Waals surface area contributed by atoms with Crippen LogP contribution < -0.4 is 10.6 Å². The minimum Gasteiger partial charge on any atom is -0.332 e. The summed E-state index contributed by atoms with van der Waals surface area (Å²) in [6.07, 6.45) is 0. The number of fused-ring (bicyclic) bond motifs is 1. The highest BCUT2D eigenvalue weighted by molar-refractivity contribution is 9.10. The molecule has 1 amide bonds. The van der Waals surface area contributed by atoms with Crippen molar-refractivity contribution in [1.82, 2.24) is 5.32 Å². The fraction of sp³-hybridized carbons (Fsp3) is 0.100. The van der Waals surface area contributed by atoms with Crippen molar-refractivity contribution in [3.8, 4) is 0 Å². The molecular weight excluding hydrogens is 396 g/mol. The fourth-order valence-electron chi connectivity index (χ4n) is 2.85. The van der Waals surface area contributed by atoms with E-state index in [2.05, 4.69) is 26.6 Å². The highest BCUT2D eigenvalue weighted by Gasteiger charge is 2.12. The summed E-state index contributed by atoms with van der Waals surface area (Å²) in [5.74, 6) is -0.221. The van der Waals surface area contributed by atoms with Gasteiger partial charge in [0.1, 0.15) is 0 Å². The molecule has 126 valence electrons. The summed E-state index contributed by atoms with van der Waals surface area (Å²) in [5.41, 5.74) is 3.61. The van der Waals surface area contributed by atoms with E-state index in [0.717, 1.165) is 32.1 Å². The normalized spacial score (nSPS) is 10.5. The number of hydrogen-bond donors (Lipinski definition) is 2. The van der Waals surface area contributed by atoms with Gasteiger partial charge in [-0.2, -0.15) is 0 Å². The lowest BCUT2D eigenvalue weighted by Gasteiger charge is -2.15. The number of carbonyl (C=O) groups excluding carboxylic acids is 1. The molecule has 0 saturated heterocycles. The van der Waals surface area contributed by atoms with E-state index in [-0.39, 0.29) is 11.0 Å². The maximum absolute atomic E-state index is 12.6. The van der Waals surface area contributed by atoms with E-state index in [0.29, 0.717) is 5.56 Å². The van der Waals surface area contributed by atoms with Crippen molar-refractivity contribution in [3.63, 3.8) is 0 Å². The molecule has 5 heteroatoms. The van der Waals surface area contributed by atoms with Gasteiger partial charge in [-0.3, -0.25) is 10.1 Å². The highest BCUT2D eigenvalue weighted by Crippen LogP contribution is 2.25. The van der Waals surface area contributed by atoms with Crippen LogP contribution in [0.4, 0.5) is 5.69 Å². The van der Waals surface area contributed by atoms with Gasteiger partial charge in [-0.15, -0.1) is 0 Å². The Hall–Kier alpha value is -2.24. The Balaban J connectivity index is 1.80. The summed E-state index contributed by atoms with van der Waals surface area (Å²) >= 11 is 8.81. The van der Waals surface area contributed by atoms with Crippen LogP contribution in [0.5, 0.6) is 0 Å². The Morgan fingerprint density at radius 1 is 1.00 bits per heavy atom. The second-order valence-corrected chi connectivity index (χ2v) is 7.17. The fourth-order valence-corrected chi connectivity index (χ4v) is 3.73. The van der Waals surface area contributed by atoms with Crippen LogP contribution in [-0.2, 0) is 0 Å². The van der Waals surface area contributed by atoms with Gasteiger partial charge in [-0.25, -0.2) is 0 Å². The van der Waals surface area contributed by atoms with Gasteiger partial charge >= 0.3 is 0 Å². The van der Waals surface area contributed by atoms with E-state index in [1.54, 1.807) is 6.07 Å². The van der Waals surface area contributed by atoms with E-state index >= 15 is 0 Å². The minimum absolute atomic E-state index is 0.221. The minimum atomic E-state index is -0.221. The van der Waals surface area contributed by atoms with E-state index in [1.807, 2.05) is 62.4 Å². The Kier molecular flexibility index (Phi) is 5.16. The molecule has 0 heterocycles. The molecule has 0 atom stereocenters. The molecule has 0 unspecified atom stereocenters. The van der Waals surface area contributed by atoms with Crippen molar-refractivity contribution in [2.24, 2.45) is 0 Å². The number of anilines is 1. The summed E-state index contributed by atoms with van der Waals surface area (Å²) in [6.45, 7) is 3.99. The number of carbonyl (C=O) groups is 1. The van der Waals surface area contributed by atoms with Gasteiger partial charge in [-0.05, 0) is 66.2 Å². The van der Waals surface area contributed by atoms with Gasteiger partial charge in [0.2, 0.25) is 0 Å². The van der Waals surface area contributed by atoms with Crippen molar-refractivity contribution >= 4 is 55.6 Å². The van der Waals surface area contributed by atoms with Crippen LogP contribution in [0.1, 0.15) is 21.5 Å². The van der Waals surface area contributed by atoms with Crippen LogP contribution in [0, 0.1) is 13.8 Å². The Morgan fingerprint density at radius 3 is 2.36 bits per heavy atom. The average molecular weight is 413 g/mol. The van der Waals surface area contributed by atoms with E-state index in [1.165, 1.54) is 0 Å². The predicted octanol–water partition coefficient (Wildman–Crippen LogP) is 5.35. The molecule has 0 aliphatic carbocycles. The third-order valence-corrected chi connectivity index (χ3v) is 4.66. The Labute approximate surface area is 160 Å². The van der Waals surface area contributed by atoms with Crippen molar-refractivity contribution in [2.75, 3.05) is 5.32 Å². The van der Waals surface area contributed by atoms with E-state index in [4.69, 9.17) is 12.2 Å². The first-order chi connectivity index (χ1) is 12.0. The predicted molar refractivity (Wildman–Crippen MR) is 111 cm³/mol. The van der Waals surface area contributed by atoms with Crippen LogP contribution in [0.15, 0.2) is 59.1 Å². The highest BCUT2D eigenvalue weighted by atomic mass is 79.9. The second kappa shape index (κ2) is 7.33. The second-order valence-electron chi connectivity index (χ2n) is 5.85. The average Bonchev–Trinajstić information content (AvgIpc) is 2.57. The molecule has 0 saturated carbocycles. The van der Waals surface area contributed by atoms with E-state index in [9.17, 15) is 4.79 Å². The van der Waals surface area contributed by atoms with Crippen molar-refractivity contribution < 1.29 is 4.79 Å². The van der Waals surface area contributed by atoms with Crippen molar-refractivity contribution in [3.05, 3.63) is 75.8 Å². The zero-order chi connectivity index (χ0) is 18.0. The van der Waals surface area contributed by atoms with Crippen molar-refractivity contribution in [2.45, 2.75) is 13.8 Å². The lowest BCUT2D eigenvalue weighted by molar-refractivity contribution is 0.0979. The lowest BCUT2D eigenvalue weighted by atomic mass is 10.0. The largest absolute Gasteiger partial charge is 0.332 e. The number of nitrogens with one attached hydrogen (secondary N) is 2. The van der Waals surface area contributed by atoms with Crippen LogP contribution in [0.3, 0.4) is 0 Å². The molecule has 3 rings (SSSR count). The number of benzene rings is 3. The smallest absolute Gasteiger partial charge is 0.258 e. The van der Waals surface area contributed by atoms with Gasteiger partial charge in [0.05, 0.1) is 0 Å². The van der Waals surface area contributed by atoms with Crippen LogP contribution in [-0.4, -0.2) is 11.0 Å². The first-order valence-electron chi connectivity index (χ1n) is 7.82. The van der Waals surface area contributed by atoms with Gasteiger partial charge in [-0.1, -0.05) is 52.3 Å². The molecular formula is C20H17BrN2OS. The summed E-state index contributed by atoms with van der Waals surface area (Å²) in [5, 5.41) is 8.12. The molecule has 0 aliphatic rings. The molecule has 3 aromatic rings. The molecule has 0 bridgehead atoms. The van der Waals surface area contributed by atoms with Crippen LogP contribution in [0.25, 0.3) is 10.8 Å². The molecule has 0 radical (unpaired) electrons. The lowest BCUT2D eigenvalue weighted by Crippen LogP contribution is -2.34. The van der Waals surface area contributed by atoms with Crippen LogP contribution >= 0.6 is 28.1 Å². The number of halogens is 1. The van der Waals surface area contributed by atoms with Crippen LogP contribution in [0.2, 0.25) is 0 Å². The Morgan fingerprint density at radius 2 is 1.64 bits per heavy atom. The SMILES string of the molecule is Cc1cc(Br)cc(C)c1NC(=S)NC(=O)c1cccc2ccccc12. The third-order valence-electron chi connectivity index (χ3n) is 4.00. The topological polar surface area (TPSA) is 41.1 Å². The van der Waals surface area contributed by atoms with Gasteiger partial charge in [0.25, 0.3) is 5.91 Å². The standard InChI is InChI=1S/C20H17BrN2OS/c1-12-10-15(21)11-13(2)18(12)22-20(25)23-19(24)17-9-5-7-14-6-3-4-8-16(14)17/h3-11H,1-2H3,(H2,22,23,24,25). The summed E-state index contributed by atoms with van der Waals surface area (Å²) in [7, 11) is 0. The molecule has 3 nitrogen and oxygen atoms in total. The first kappa shape index (κ1) is 17.6. The molecule has 2 N–H and O–H groups in total. The Bertz CT molecular complexity index is 956. The van der Waals surface area contributed by atoms with Gasteiger partial charge in [0.15, 0.2) is 5.11 Å². The maximum Gasteiger partial charge on any atom is 0.258 e. The number of aryl methyl sites for hydroxylation is 2. The van der Waals surface area contributed by atoms with Crippen molar-refractivity contribution in [1.29, 1.82) is 0 Å². The number of thiocarbonyl (C=S) groups is 1. The third kappa shape index (κ3) is 3.89. The quantitative estimate of drug-likeness (QED) is 0.557. The zero-order valence-corrected chi connectivity index (χ0v) is 16.3. The summed E-state index contributed by atoms with van der Waals surface area (Å²) < 4.78 is 1.01. The first-order valence-corrected chi connectivity index (χ1v) is 9.02. The van der Waals surface area contributed by atoms with Gasteiger partial charge in [0, 0.05) is 15.7 Å². The zero-order valence-electron chi connectivity index (χ0n) is 13.9. The molecule has 25 heavy (non-hydrogen) atoms. The number of hydrogen-bond acceptors (Lipinski definition) is 2. The maximum atomic E-state index is 12.6. The van der Waals surface area contributed by atoms with E-state index < -0.39 is 0 Å². The van der Waals surface area contributed by atoms with Gasteiger partial charge < -0.3 is 5.32 Å².